The van der Waals surface area contributed by atoms with E-state index in [-0.39, 0.29) is 36.6 Å². The van der Waals surface area contributed by atoms with Gasteiger partial charge in [0.2, 0.25) is 17.7 Å². The molecule has 0 aromatic rings. The van der Waals surface area contributed by atoms with E-state index in [1.807, 2.05) is 0 Å². The van der Waals surface area contributed by atoms with Crippen molar-refractivity contribution in [3.63, 3.8) is 0 Å². The summed E-state index contributed by atoms with van der Waals surface area (Å²) in [5, 5.41) is 5.33. The molecule has 2 aliphatic heterocycles. The second kappa shape index (κ2) is 7.52. The van der Waals surface area contributed by atoms with Crippen molar-refractivity contribution < 1.29 is 32.7 Å². The van der Waals surface area contributed by atoms with Crippen LogP contribution in [-0.4, -0.2) is 65.4 Å². The van der Waals surface area contributed by atoms with Crippen LogP contribution in [0, 0.1) is 41.4 Å². The molecule has 5 aliphatic rings. The summed E-state index contributed by atoms with van der Waals surface area (Å²) in [4.78, 5) is 52.0. The summed E-state index contributed by atoms with van der Waals surface area (Å²) < 4.78 is 34.3. The summed E-state index contributed by atoms with van der Waals surface area (Å²) in [6.07, 6.45) is 0.536. The smallest absolute Gasteiger partial charge is 0.410 e. The third-order valence-electron chi connectivity index (χ3n) is 8.52. The van der Waals surface area contributed by atoms with Gasteiger partial charge in [-0.1, -0.05) is 0 Å². The van der Waals surface area contributed by atoms with Gasteiger partial charge in [-0.05, 0) is 63.7 Å². The van der Waals surface area contributed by atoms with Crippen molar-refractivity contribution in [3.05, 3.63) is 0 Å². The Morgan fingerprint density at radius 1 is 1.24 bits per heavy atom. The number of carbonyl (C=O) groups excluding carboxylic acids is 4. The van der Waals surface area contributed by atoms with Crippen molar-refractivity contribution in [1.82, 2.24) is 15.5 Å². The second-order valence-corrected chi connectivity index (χ2v) is 11.6. The Kier molecular flexibility index (Phi) is 5.15. The summed E-state index contributed by atoms with van der Waals surface area (Å²) in [6.45, 7) is 5.80. The van der Waals surface area contributed by atoms with Gasteiger partial charge in [0.15, 0.2) is 0 Å². The van der Waals surface area contributed by atoms with E-state index >= 15 is 0 Å². The van der Waals surface area contributed by atoms with Gasteiger partial charge in [-0.2, -0.15) is 0 Å². The highest BCUT2D eigenvalue weighted by Crippen LogP contribution is 2.78. The molecule has 0 unspecified atom stereocenters. The number of nitrogens with zero attached hydrogens (tertiary/aromatic N) is 1. The van der Waals surface area contributed by atoms with Crippen LogP contribution in [0.1, 0.15) is 40.0 Å². The maximum Gasteiger partial charge on any atom is 0.410 e. The number of primary amides is 1. The van der Waals surface area contributed by atoms with Gasteiger partial charge < -0.3 is 21.1 Å². The van der Waals surface area contributed by atoms with Gasteiger partial charge >= 0.3 is 6.09 Å². The number of nitrogens with two attached hydrogens (primary N) is 1. The number of rotatable bonds is 5. The van der Waals surface area contributed by atoms with Crippen LogP contribution in [0.15, 0.2) is 0 Å². The standard InChI is InChI=1S/C23H32F2N4O5/c1-22(2,3)34-21(33)29-8-12-10-7-11(16-15(10)23(16,24)25)14(12)17(29)20(32)28-13(18(26)30)6-9-4-5-27-19(9)31/h9-17H,4-8H2,1-3H3,(H2,26,30)(H,27,31)(H,28,32)/t9-,10+,11-,12+,13-,14-,15+,16-,17-/m0/s1. The molecule has 3 saturated carbocycles. The van der Waals surface area contributed by atoms with Crippen LogP contribution in [0.3, 0.4) is 0 Å². The molecule has 0 aromatic carbocycles. The van der Waals surface area contributed by atoms with Crippen LogP contribution in [0.2, 0.25) is 0 Å². The molecule has 3 aliphatic carbocycles. The Labute approximate surface area is 196 Å². The Morgan fingerprint density at radius 3 is 2.50 bits per heavy atom. The lowest BCUT2D eigenvalue weighted by atomic mass is 9.78. The van der Waals surface area contributed by atoms with Crippen molar-refractivity contribution in [1.29, 1.82) is 0 Å². The molecule has 11 heteroatoms. The average molecular weight is 483 g/mol. The number of nitrogens with one attached hydrogen (secondary N) is 2. The Balaban J connectivity index is 1.38. The first-order valence-electron chi connectivity index (χ1n) is 12.1. The van der Waals surface area contributed by atoms with Crippen LogP contribution >= 0.6 is 0 Å². The number of halogens is 2. The van der Waals surface area contributed by atoms with Crippen molar-refractivity contribution in [3.8, 4) is 0 Å². The van der Waals surface area contributed by atoms with E-state index in [0.717, 1.165) is 0 Å². The minimum atomic E-state index is -2.71. The van der Waals surface area contributed by atoms with E-state index in [4.69, 9.17) is 10.5 Å². The number of carbonyl (C=O) groups is 4. The molecule has 5 fully saturated rings. The van der Waals surface area contributed by atoms with E-state index in [2.05, 4.69) is 10.6 Å². The number of hydrogen-bond donors (Lipinski definition) is 3. The fraction of sp³-hybridized carbons (Fsp3) is 0.826. The average Bonchev–Trinajstić information content (AvgIpc) is 3.25. The van der Waals surface area contributed by atoms with Crippen LogP contribution in [0.25, 0.3) is 0 Å². The fourth-order valence-corrected chi connectivity index (χ4v) is 7.28. The third-order valence-corrected chi connectivity index (χ3v) is 8.52. The molecule has 0 spiro atoms. The van der Waals surface area contributed by atoms with Gasteiger partial charge in [-0.15, -0.1) is 0 Å². The molecule has 0 radical (unpaired) electrons. The maximum absolute atomic E-state index is 14.4. The largest absolute Gasteiger partial charge is 0.444 e. The van der Waals surface area contributed by atoms with E-state index in [0.29, 0.717) is 19.4 Å². The number of amides is 4. The van der Waals surface area contributed by atoms with Crippen molar-refractivity contribution in [2.45, 2.75) is 63.6 Å². The zero-order chi connectivity index (χ0) is 24.7. The molecular formula is C23H32F2N4O5. The zero-order valence-corrected chi connectivity index (χ0v) is 19.6. The molecule has 188 valence electrons. The molecule has 9 atom stereocenters. The van der Waals surface area contributed by atoms with Gasteiger partial charge in [0, 0.05) is 30.8 Å². The van der Waals surface area contributed by atoms with E-state index < -0.39 is 65.2 Å². The summed E-state index contributed by atoms with van der Waals surface area (Å²) in [7, 11) is 0. The summed E-state index contributed by atoms with van der Waals surface area (Å²) >= 11 is 0. The third kappa shape index (κ3) is 3.53. The monoisotopic (exact) mass is 482 g/mol. The van der Waals surface area contributed by atoms with Gasteiger partial charge in [0.25, 0.3) is 5.92 Å². The number of likely N-dealkylation sites (tertiary alicyclic amines) is 1. The van der Waals surface area contributed by atoms with Crippen LogP contribution < -0.4 is 16.4 Å². The fourth-order valence-electron chi connectivity index (χ4n) is 7.28. The molecule has 2 heterocycles. The lowest BCUT2D eigenvalue weighted by Crippen LogP contribution is -2.55. The summed E-state index contributed by atoms with van der Waals surface area (Å²) in [5.41, 5.74) is 4.73. The Bertz CT molecular complexity index is 937. The highest BCUT2D eigenvalue weighted by molar-refractivity contribution is 5.92. The first kappa shape index (κ1) is 23.3. The topological polar surface area (TPSA) is 131 Å². The molecule has 9 nitrogen and oxygen atoms in total. The summed E-state index contributed by atoms with van der Waals surface area (Å²) in [5.74, 6) is -7.38. The predicted molar refractivity (Wildman–Crippen MR) is 114 cm³/mol. The molecule has 34 heavy (non-hydrogen) atoms. The minimum Gasteiger partial charge on any atom is -0.444 e. The van der Waals surface area contributed by atoms with E-state index in [1.165, 1.54) is 4.90 Å². The Hall–Kier alpha value is -2.46. The quantitative estimate of drug-likeness (QED) is 0.535. The van der Waals surface area contributed by atoms with Gasteiger partial charge in [-0.25, -0.2) is 13.6 Å². The molecular weight excluding hydrogens is 450 g/mol. The molecule has 2 saturated heterocycles. The van der Waals surface area contributed by atoms with Crippen LogP contribution in [0.4, 0.5) is 13.6 Å². The van der Waals surface area contributed by atoms with E-state index in [9.17, 15) is 28.0 Å². The van der Waals surface area contributed by atoms with Gasteiger partial charge in [0.05, 0.1) is 0 Å². The number of fused-ring (bicyclic) bond motifs is 8. The molecule has 4 N–H and O–H groups in total. The first-order valence-corrected chi connectivity index (χ1v) is 12.1. The maximum atomic E-state index is 14.4. The predicted octanol–water partition coefficient (Wildman–Crippen LogP) is 0.865. The van der Waals surface area contributed by atoms with Crippen molar-refractivity contribution >= 4 is 23.8 Å². The molecule has 5 rings (SSSR count). The number of hydrogen-bond acceptors (Lipinski definition) is 5. The number of alkyl halides is 2. The highest BCUT2D eigenvalue weighted by atomic mass is 19.3. The lowest BCUT2D eigenvalue weighted by molar-refractivity contribution is -0.132. The van der Waals surface area contributed by atoms with Crippen LogP contribution in [0.5, 0.6) is 0 Å². The molecule has 0 aromatic heterocycles. The lowest BCUT2D eigenvalue weighted by Gasteiger charge is -2.32. The normalized spacial score (nSPS) is 39.8. The first-order chi connectivity index (χ1) is 15.8. The van der Waals surface area contributed by atoms with Gasteiger partial charge in [-0.3, -0.25) is 19.3 Å². The van der Waals surface area contributed by atoms with Crippen molar-refractivity contribution in [2.24, 2.45) is 47.2 Å². The second-order valence-electron chi connectivity index (χ2n) is 11.6. The number of ether oxygens (including phenoxy) is 1. The van der Waals surface area contributed by atoms with Gasteiger partial charge in [0.1, 0.15) is 17.7 Å². The summed E-state index contributed by atoms with van der Waals surface area (Å²) in [6, 6.07) is -2.12. The Morgan fingerprint density at radius 2 is 1.91 bits per heavy atom. The molecule has 2 bridgehead atoms. The molecule has 4 amide bonds. The van der Waals surface area contributed by atoms with Crippen LogP contribution in [-0.2, 0) is 19.1 Å². The minimum absolute atomic E-state index is 0.0506. The van der Waals surface area contributed by atoms with E-state index in [1.54, 1.807) is 20.8 Å². The zero-order valence-electron chi connectivity index (χ0n) is 19.6. The highest BCUT2D eigenvalue weighted by Gasteiger charge is 2.83. The SMILES string of the molecule is CC(C)(C)OC(=O)N1C[C@@H]2[C@H]3C[C@@H]([C@@H]2[C@H]1C(=O)N[C@@H](C[C@@H]1CCNC1=O)C(N)=O)[C@H]1[C@@H]3C1(F)F. The van der Waals surface area contributed by atoms with Crippen molar-refractivity contribution in [2.75, 3.05) is 13.1 Å².